The van der Waals surface area contributed by atoms with Gasteiger partial charge in [0.1, 0.15) is 0 Å². The fraction of sp³-hybridized carbons (Fsp3) is 0.0714. The highest BCUT2D eigenvalue weighted by molar-refractivity contribution is 9.10. The van der Waals surface area contributed by atoms with Gasteiger partial charge in [0.25, 0.3) is 0 Å². The van der Waals surface area contributed by atoms with Gasteiger partial charge in [-0.2, -0.15) is 0 Å². The first-order valence-corrected chi connectivity index (χ1v) is 7.42. The van der Waals surface area contributed by atoms with E-state index >= 15 is 0 Å². The average Bonchev–Trinajstić information content (AvgIpc) is 2.46. The molecule has 3 N–H and O–H groups in total. The van der Waals surface area contributed by atoms with Crippen molar-refractivity contribution in [1.29, 1.82) is 0 Å². The van der Waals surface area contributed by atoms with Crippen molar-refractivity contribution in [3.8, 4) is 0 Å². The van der Waals surface area contributed by atoms with E-state index in [0.29, 0.717) is 0 Å². The summed E-state index contributed by atoms with van der Waals surface area (Å²) >= 11 is 5.05. The van der Waals surface area contributed by atoms with Crippen LogP contribution in [0.1, 0.15) is 11.1 Å². The van der Waals surface area contributed by atoms with Gasteiger partial charge >= 0.3 is 0 Å². The maximum absolute atomic E-state index is 8.83. The van der Waals surface area contributed by atoms with Crippen molar-refractivity contribution in [3.05, 3.63) is 64.1 Å². The fourth-order valence-corrected chi connectivity index (χ4v) is 2.98. The first-order chi connectivity index (χ1) is 9.20. The lowest BCUT2D eigenvalue weighted by atomic mass is 10.2. The van der Waals surface area contributed by atoms with Gasteiger partial charge in [-0.1, -0.05) is 51.4 Å². The second-order valence-corrected chi connectivity index (χ2v) is 5.83. The van der Waals surface area contributed by atoms with E-state index in [1.165, 1.54) is 5.56 Å². The molecule has 3 nitrogen and oxygen atoms in total. The largest absolute Gasteiger partial charge is 0.409 e. The second kappa shape index (κ2) is 6.63. The van der Waals surface area contributed by atoms with Gasteiger partial charge in [-0.05, 0) is 23.8 Å². The number of benzene rings is 2. The molecule has 0 aromatic heterocycles. The number of halogens is 1. The van der Waals surface area contributed by atoms with Gasteiger partial charge in [-0.15, -0.1) is 11.8 Å². The molecule has 0 aliphatic carbocycles. The van der Waals surface area contributed by atoms with E-state index in [0.717, 1.165) is 20.7 Å². The highest BCUT2D eigenvalue weighted by Crippen LogP contribution is 2.28. The van der Waals surface area contributed by atoms with Gasteiger partial charge < -0.3 is 10.9 Å². The minimum Gasteiger partial charge on any atom is -0.409 e. The normalized spacial score (nSPS) is 11.5. The summed E-state index contributed by atoms with van der Waals surface area (Å²) < 4.78 is 0.901. The number of rotatable bonds is 4. The van der Waals surface area contributed by atoms with Crippen molar-refractivity contribution in [2.75, 3.05) is 0 Å². The second-order valence-electron chi connectivity index (χ2n) is 3.90. The molecule has 5 heteroatoms. The molecule has 0 atom stereocenters. The molecule has 0 aliphatic rings. The Morgan fingerprint density at radius 1 is 1.21 bits per heavy atom. The van der Waals surface area contributed by atoms with E-state index in [4.69, 9.17) is 10.9 Å². The van der Waals surface area contributed by atoms with E-state index in [2.05, 4.69) is 33.2 Å². The van der Waals surface area contributed by atoms with Gasteiger partial charge in [0, 0.05) is 20.7 Å². The molecule has 2 aromatic rings. The molecule has 0 radical (unpaired) electrons. The fourth-order valence-electron chi connectivity index (χ4n) is 1.62. The Hall–Kier alpha value is -1.46. The van der Waals surface area contributed by atoms with Crippen LogP contribution in [0.2, 0.25) is 0 Å². The zero-order chi connectivity index (χ0) is 13.7. The minimum atomic E-state index is 0.122. The summed E-state index contributed by atoms with van der Waals surface area (Å²) in [5.41, 5.74) is 7.67. The van der Waals surface area contributed by atoms with Gasteiger partial charge in [-0.3, -0.25) is 0 Å². The molecular weight excluding hydrogens is 324 g/mol. The predicted molar refractivity (Wildman–Crippen MR) is 82.7 cm³/mol. The zero-order valence-corrected chi connectivity index (χ0v) is 12.5. The highest BCUT2D eigenvalue weighted by Gasteiger charge is 2.08. The van der Waals surface area contributed by atoms with E-state index < -0.39 is 0 Å². The molecule has 2 aromatic carbocycles. The van der Waals surface area contributed by atoms with Gasteiger partial charge in [0.2, 0.25) is 0 Å². The Morgan fingerprint density at radius 2 is 1.95 bits per heavy atom. The van der Waals surface area contributed by atoms with E-state index in [1.807, 2.05) is 36.4 Å². The smallest absolute Gasteiger partial charge is 0.171 e. The first-order valence-electron chi connectivity index (χ1n) is 5.65. The van der Waals surface area contributed by atoms with Gasteiger partial charge in [0.15, 0.2) is 5.84 Å². The third kappa shape index (κ3) is 3.75. The molecule has 0 saturated heterocycles. The summed E-state index contributed by atoms with van der Waals surface area (Å²) in [7, 11) is 0. The topological polar surface area (TPSA) is 58.6 Å². The SMILES string of the molecule is N/C(=N/O)c1cc(Br)ccc1SCc1ccccc1. The van der Waals surface area contributed by atoms with Crippen LogP contribution in [0.3, 0.4) is 0 Å². The Labute approximate surface area is 124 Å². The third-order valence-electron chi connectivity index (χ3n) is 2.56. The number of nitrogens with two attached hydrogens (primary N) is 1. The van der Waals surface area contributed by atoms with E-state index in [9.17, 15) is 0 Å². The molecule has 0 bridgehead atoms. The van der Waals surface area contributed by atoms with Crippen molar-refractivity contribution in [2.45, 2.75) is 10.6 Å². The van der Waals surface area contributed by atoms with Crippen LogP contribution in [-0.2, 0) is 5.75 Å². The molecule has 0 aliphatic heterocycles. The molecule has 0 unspecified atom stereocenters. The number of oxime groups is 1. The van der Waals surface area contributed by atoms with Crippen molar-refractivity contribution in [1.82, 2.24) is 0 Å². The lowest BCUT2D eigenvalue weighted by molar-refractivity contribution is 0.318. The first kappa shape index (κ1) is 14.0. The van der Waals surface area contributed by atoms with Crippen LogP contribution in [0.15, 0.2) is 63.1 Å². The van der Waals surface area contributed by atoms with Gasteiger partial charge in [-0.25, -0.2) is 0 Å². The van der Waals surface area contributed by atoms with Crippen molar-refractivity contribution >= 4 is 33.5 Å². The monoisotopic (exact) mass is 336 g/mol. The number of nitrogens with zero attached hydrogens (tertiary/aromatic N) is 1. The van der Waals surface area contributed by atoms with Crippen LogP contribution >= 0.6 is 27.7 Å². The molecule has 0 spiro atoms. The zero-order valence-electron chi connectivity index (χ0n) is 10.1. The number of hydrogen-bond acceptors (Lipinski definition) is 3. The predicted octanol–water partition coefficient (Wildman–Crippen LogP) is 3.84. The molecule has 19 heavy (non-hydrogen) atoms. The molecule has 2 rings (SSSR count). The molecule has 98 valence electrons. The average molecular weight is 337 g/mol. The summed E-state index contributed by atoms with van der Waals surface area (Å²) in [6.07, 6.45) is 0. The minimum absolute atomic E-state index is 0.122. The standard InChI is InChI=1S/C14H13BrN2OS/c15-11-6-7-13(12(8-11)14(16)17-18)19-9-10-4-2-1-3-5-10/h1-8,18H,9H2,(H2,16,17). The van der Waals surface area contributed by atoms with Crippen molar-refractivity contribution in [2.24, 2.45) is 10.9 Å². The number of amidine groups is 1. The van der Waals surface area contributed by atoms with Crippen LogP contribution in [0.4, 0.5) is 0 Å². The number of hydrogen-bond donors (Lipinski definition) is 2. The van der Waals surface area contributed by atoms with Crippen LogP contribution in [0.25, 0.3) is 0 Å². The molecule has 0 heterocycles. The maximum atomic E-state index is 8.83. The Bertz CT molecular complexity index is 587. The highest BCUT2D eigenvalue weighted by atomic mass is 79.9. The van der Waals surface area contributed by atoms with E-state index in [-0.39, 0.29) is 5.84 Å². The summed E-state index contributed by atoms with van der Waals surface area (Å²) in [6, 6.07) is 15.9. The maximum Gasteiger partial charge on any atom is 0.171 e. The van der Waals surface area contributed by atoms with E-state index in [1.54, 1.807) is 11.8 Å². The Balaban J connectivity index is 2.20. The molecule has 0 saturated carbocycles. The van der Waals surface area contributed by atoms with Gasteiger partial charge in [0.05, 0.1) is 0 Å². The summed E-state index contributed by atoms with van der Waals surface area (Å²) in [5, 5.41) is 11.9. The van der Waals surface area contributed by atoms with Crippen LogP contribution in [0.5, 0.6) is 0 Å². The van der Waals surface area contributed by atoms with Crippen LogP contribution < -0.4 is 5.73 Å². The summed E-state index contributed by atoms with van der Waals surface area (Å²) in [5.74, 6) is 0.964. The third-order valence-corrected chi connectivity index (χ3v) is 4.20. The Kier molecular flexibility index (Phi) is 4.87. The van der Waals surface area contributed by atoms with Crippen molar-refractivity contribution in [3.63, 3.8) is 0 Å². The van der Waals surface area contributed by atoms with Crippen LogP contribution in [-0.4, -0.2) is 11.0 Å². The van der Waals surface area contributed by atoms with Crippen LogP contribution in [0, 0.1) is 0 Å². The summed E-state index contributed by atoms with van der Waals surface area (Å²) in [4.78, 5) is 0.988. The quantitative estimate of drug-likeness (QED) is 0.293. The summed E-state index contributed by atoms with van der Waals surface area (Å²) in [6.45, 7) is 0. The molecular formula is C14H13BrN2OS. The van der Waals surface area contributed by atoms with Crippen molar-refractivity contribution < 1.29 is 5.21 Å². The molecule has 0 amide bonds. The molecule has 0 fully saturated rings. The number of thioether (sulfide) groups is 1. The lowest BCUT2D eigenvalue weighted by Crippen LogP contribution is -2.14. The lowest BCUT2D eigenvalue weighted by Gasteiger charge is -2.08. The Morgan fingerprint density at radius 3 is 2.63 bits per heavy atom.